The van der Waals surface area contributed by atoms with E-state index in [9.17, 15) is 24.3 Å². The van der Waals surface area contributed by atoms with Crippen LogP contribution in [0.2, 0.25) is 0 Å². The van der Waals surface area contributed by atoms with Crippen LogP contribution in [0.4, 0.5) is 0 Å². The smallest absolute Gasteiger partial charge is 0.335 e. The van der Waals surface area contributed by atoms with Gasteiger partial charge in [-0.3, -0.25) is 14.4 Å². The van der Waals surface area contributed by atoms with Crippen LogP contribution in [0.25, 0.3) is 11.1 Å². The molecule has 52 heavy (non-hydrogen) atoms. The minimum Gasteiger partial charge on any atom is -0.478 e. The maximum absolute atomic E-state index is 14.1. The van der Waals surface area contributed by atoms with Crippen LogP contribution < -0.4 is 21.7 Å². The lowest BCUT2D eigenvalue weighted by molar-refractivity contribution is -0.132. The number of aryl methyl sites for hydroxylation is 1. The van der Waals surface area contributed by atoms with E-state index in [2.05, 4.69) is 33.6 Å². The van der Waals surface area contributed by atoms with Crippen LogP contribution in [0.3, 0.4) is 0 Å². The molecule has 0 saturated heterocycles. The van der Waals surface area contributed by atoms with E-state index in [4.69, 9.17) is 5.73 Å². The fourth-order valence-electron chi connectivity index (χ4n) is 5.67. The molecular weight excluding hydrogens is 677 g/mol. The molecule has 1 heterocycles. The van der Waals surface area contributed by atoms with Crippen LogP contribution in [0.5, 0.6) is 0 Å². The number of thiol groups is 1. The number of aromatic nitrogens is 2. The minimum atomic E-state index is -1.07. The lowest BCUT2D eigenvalue weighted by atomic mass is 9.99. The van der Waals surface area contributed by atoms with Crippen molar-refractivity contribution < 1.29 is 24.3 Å². The van der Waals surface area contributed by atoms with Gasteiger partial charge in [0.25, 0.3) is 0 Å². The molecule has 6 N–H and O–H groups in total. The van der Waals surface area contributed by atoms with E-state index in [1.165, 1.54) is 12.1 Å². The Kier molecular flexibility index (Phi) is 13.4. The predicted octanol–water partition coefficient (Wildman–Crippen LogP) is 4.04. The first-order valence-corrected chi connectivity index (χ1v) is 17.5. The molecule has 5 rings (SSSR count). The molecule has 5 aromatic rings. The van der Waals surface area contributed by atoms with Gasteiger partial charge < -0.3 is 31.4 Å². The normalized spacial score (nSPS) is 13.3. The summed E-state index contributed by atoms with van der Waals surface area (Å²) in [5.74, 6) is -2.50. The highest BCUT2D eigenvalue weighted by atomic mass is 32.1. The molecule has 0 aliphatic carbocycles. The van der Waals surface area contributed by atoms with Crippen molar-refractivity contribution in [1.29, 1.82) is 0 Å². The van der Waals surface area contributed by atoms with E-state index in [-0.39, 0.29) is 37.3 Å². The zero-order valence-corrected chi connectivity index (χ0v) is 29.4. The fraction of sp³-hybridized carbons (Fsp3) is 0.225. The summed E-state index contributed by atoms with van der Waals surface area (Å²) < 4.78 is 1.82. The van der Waals surface area contributed by atoms with E-state index < -0.39 is 41.2 Å². The third-order valence-corrected chi connectivity index (χ3v) is 9.28. The van der Waals surface area contributed by atoms with E-state index in [1.807, 2.05) is 89.5 Å². The predicted molar refractivity (Wildman–Crippen MR) is 202 cm³/mol. The summed E-state index contributed by atoms with van der Waals surface area (Å²) in [6, 6.07) is 30.6. The number of hydrogen-bond donors (Lipinski definition) is 6. The molecule has 11 nitrogen and oxygen atoms in total. The molecule has 4 aromatic carbocycles. The Morgan fingerprint density at radius 3 is 1.94 bits per heavy atom. The van der Waals surface area contributed by atoms with E-state index in [1.54, 1.807) is 30.9 Å². The van der Waals surface area contributed by atoms with Crippen molar-refractivity contribution in [3.8, 4) is 11.1 Å². The molecule has 0 bridgehead atoms. The van der Waals surface area contributed by atoms with E-state index >= 15 is 0 Å². The van der Waals surface area contributed by atoms with Crippen molar-refractivity contribution >= 4 is 36.3 Å². The van der Waals surface area contributed by atoms with Gasteiger partial charge in [-0.2, -0.15) is 12.6 Å². The topological polar surface area (TPSA) is 168 Å². The molecule has 0 fully saturated rings. The second-order valence-electron chi connectivity index (χ2n) is 12.5. The van der Waals surface area contributed by atoms with Crippen LogP contribution >= 0.6 is 12.6 Å². The summed E-state index contributed by atoms with van der Waals surface area (Å²) in [5, 5.41) is 16.9. The summed E-state index contributed by atoms with van der Waals surface area (Å²) >= 11 is 4.52. The lowest BCUT2D eigenvalue weighted by Gasteiger charge is -2.26. The molecule has 1 aromatic heterocycles. The highest BCUT2D eigenvalue weighted by molar-refractivity contribution is 7.81. The molecule has 268 valence electrons. The first-order chi connectivity index (χ1) is 25.2. The SMILES string of the molecule is N[C@@H](Cc1ccc(C(=O)O)cc1)[C@H](S)C(=O)N[C@@H](Cc1ccc(-c2ccccc2)cc1)C(=O)N[C@@H](CCn1ccnc1)C(=O)NCc1ccccc1. The number of carboxylic acid groups (broad SMARTS) is 1. The number of hydrogen-bond acceptors (Lipinski definition) is 7. The van der Waals surface area contributed by atoms with Gasteiger partial charge in [-0.15, -0.1) is 0 Å². The van der Waals surface area contributed by atoms with Gasteiger partial charge in [-0.25, -0.2) is 9.78 Å². The molecule has 0 radical (unpaired) electrons. The van der Waals surface area contributed by atoms with Crippen LogP contribution in [0.1, 0.15) is 33.5 Å². The number of carboxylic acids is 1. The zero-order valence-electron chi connectivity index (χ0n) is 28.5. The monoisotopic (exact) mass is 718 g/mol. The second-order valence-corrected chi connectivity index (χ2v) is 13.1. The van der Waals surface area contributed by atoms with Crippen LogP contribution in [-0.4, -0.2) is 61.7 Å². The zero-order chi connectivity index (χ0) is 36.9. The Labute approximate surface area is 308 Å². The average Bonchev–Trinajstić information content (AvgIpc) is 3.70. The van der Waals surface area contributed by atoms with E-state index in [0.29, 0.717) is 6.54 Å². The van der Waals surface area contributed by atoms with Crippen LogP contribution in [-0.2, 0) is 40.3 Å². The molecule has 0 aliphatic heterocycles. The van der Waals surface area contributed by atoms with Crippen molar-refractivity contribution in [3.05, 3.63) is 150 Å². The minimum absolute atomic E-state index is 0.138. The maximum Gasteiger partial charge on any atom is 0.335 e. The third-order valence-electron chi connectivity index (χ3n) is 8.66. The lowest BCUT2D eigenvalue weighted by Crippen LogP contribution is -2.56. The molecule has 0 unspecified atom stereocenters. The Morgan fingerprint density at radius 1 is 0.712 bits per heavy atom. The molecule has 12 heteroatoms. The van der Waals surface area contributed by atoms with Gasteiger partial charge in [0, 0.05) is 37.9 Å². The van der Waals surface area contributed by atoms with Gasteiger partial charge in [0.05, 0.1) is 17.1 Å². The fourth-order valence-corrected chi connectivity index (χ4v) is 5.85. The van der Waals surface area contributed by atoms with Gasteiger partial charge >= 0.3 is 5.97 Å². The van der Waals surface area contributed by atoms with Crippen molar-refractivity contribution in [2.45, 2.75) is 55.7 Å². The Morgan fingerprint density at radius 2 is 1.31 bits per heavy atom. The summed E-state index contributed by atoms with van der Waals surface area (Å²) in [6.07, 6.45) is 5.71. The second kappa shape index (κ2) is 18.5. The molecule has 0 aliphatic rings. The quantitative estimate of drug-likeness (QED) is 0.0790. The highest BCUT2D eigenvalue weighted by Crippen LogP contribution is 2.20. The Hall–Kier alpha value is -5.72. The van der Waals surface area contributed by atoms with Crippen LogP contribution in [0.15, 0.2) is 128 Å². The first-order valence-electron chi connectivity index (χ1n) is 16.9. The maximum atomic E-state index is 14.1. The average molecular weight is 719 g/mol. The number of rotatable bonds is 17. The number of nitrogens with zero attached hydrogens (tertiary/aromatic N) is 2. The molecular formula is C40H42N6O5S. The standard InChI is InChI=1S/C40H42N6O5S/c41-33(23-27-13-17-32(18-14-27)40(50)51)36(52)39(49)45-35(24-28-11-15-31(16-12-28)30-9-5-2-6-10-30)38(48)44-34(19-21-46-22-20-42-26-46)37(47)43-25-29-7-3-1-4-8-29/h1-18,20,22,26,33-36,52H,19,21,23-25,41H2,(H,43,47)(H,44,48)(H,45,49)(H,50,51)/t33-,34-,35-,36-/m0/s1. The van der Waals surface area contributed by atoms with Crippen molar-refractivity contribution in [2.24, 2.45) is 5.73 Å². The molecule has 3 amide bonds. The van der Waals surface area contributed by atoms with Gasteiger partial charge in [0.15, 0.2) is 0 Å². The number of imidazole rings is 1. The number of benzene rings is 4. The van der Waals surface area contributed by atoms with Gasteiger partial charge in [0.1, 0.15) is 12.1 Å². The summed E-state index contributed by atoms with van der Waals surface area (Å²) in [5.41, 5.74) is 11.0. The van der Waals surface area contributed by atoms with E-state index in [0.717, 1.165) is 27.8 Å². The molecule has 4 atom stereocenters. The first kappa shape index (κ1) is 37.5. The summed E-state index contributed by atoms with van der Waals surface area (Å²) in [4.78, 5) is 56.5. The third kappa shape index (κ3) is 10.9. The van der Waals surface area contributed by atoms with Gasteiger partial charge in [-0.05, 0) is 52.8 Å². The Bertz CT molecular complexity index is 1910. The number of carbonyl (C=O) groups is 4. The van der Waals surface area contributed by atoms with Gasteiger partial charge in [0.2, 0.25) is 17.7 Å². The largest absolute Gasteiger partial charge is 0.478 e. The number of nitrogens with two attached hydrogens (primary N) is 1. The number of amides is 3. The highest BCUT2D eigenvalue weighted by Gasteiger charge is 2.30. The van der Waals surface area contributed by atoms with Gasteiger partial charge in [-0.1, -0.05) is 97.1 Å². The molecule has 0 spiro atoms. The van der Waals surface area contributed by atoms with Crippen molar-refractivity contribution in [3.63, 3.8) is 0 Å². The van der Waals surface area contributed by atoms with Crippen molar-refractivity contribution in [2.75, 3.05) is 0 Å². The number of carbonyl (C=O) groups excluding carboxylic acids is 3. The van der Waals surface area contributed by atoms with Crippen LogP contribution in [0, 0.1) is 0 Å². The summed E-state index contributed by atoms with van der Waals surface area (Å²) in [7, 11) is 0. The van der Waals surface area contributed by atoms with Crippen molar-refractivity contribution in [1.82, 2.24) is 25.5 Å². The molecule has 0 saturated carbocycles. The number of aromatic carboxylic acids is 1. The Balaban J connectivity index is 1.32. The number of nitrogens with one attached hydrogen (secondary N) is 3. The summed E-state index contributed by atoms with van der Waals surface area (Å²) in [6.45, 7) is 0.700.